The van der Waals surface area contributed by atoms with Crippen LogP contribution in [-0.4, -0.2) is 6.18 Å². The Kier molecular flexibility index (Phi) is 5.52. The van der Waals surface area contributed by atoms with E-state index in [0.717, 1.165) is 12.1 Å². The molecule has 0 saturated heterocycles. The topological polar surface area (TPSA) is 26.0 Å². The summed E-state index contributed by atoms with van der Waals surface area (Å²) in [4.78, 5) is 0. The second kappa shape index (κ2) is 5.70. The van der Waals surface area contributed by atoms with Crippen LogP contribution in [0.3, 0.4) is 0 Å². The third-order valence-corrected chi connectivity index (χ3v) is 2.05. The van der Waals surface area contributed by atoms with E-state index in [2.05, 4.69) is 0 Å². The summed E-state index contributed by atoms with van der Waals surface area (Å²) in [5.74, 6) is -0.820. The molecule has 1 atom stereocenters. The summed E-state index contributed by atoms with van der Waals surface area (Å²) in [5.41, 5.74) is 5.05. The zero-order valence-electron chi connectivity index (χ0n) is 7.89. The van der Waals surface area contributed by atoms with Crippen molar-refractivity contribution in [3.05, 3.63) is 34.6 Å². The third kappa shape index (κ3) is 4.55. The minimum Gasteiger partial charge on any atom is -0.324 e. The van der Waals surface area contributed by atoms with E-state index >= 15 is 0 Å². The highest BCUT2D eigenvalue weighted by Gasteiger charge is 2.31. The molecule has 7 heteroatoms. The summed E-state index contributed by atoms with van der Waals surface area (Å²) in [5, 5.41) is 0.121. The molecule has 0 heterocycles. The van der Waals surface area contributed by atoms with Gasteiger partial charge in [0, 0.05) is 16.6 Å². The number of rotatable bonds is 2. The Bertz CT molecular complexity index is 354. The molecule has 0 aromatic heterocycles. The van der Waals surface area contributed by atoms with E-state index in [9.17, 15) is 17.6 Å². The maximum atomic E-state index is 13.1. The molecule has 0 aliphatic carbocycles. The van der Waals surface area contributed by atoms with Gasteiger partial charge in [-0.3, -0.25) is 0 Å². The van der Waals surface area contributed by atoms with Crippen molar-refractivity contribution >= 4 is 24.0 Å². The minimum atomic E-state index is -4.41. The first-order valence-electron chi connectivity index (χ1n) is 4.07. The lowest BCUT2D eigenvalue weighted by Gasteiger charge is -2.15. The highest BCUT2D eigenvalue weighted by Crippen LogP contribution is 2.29. The highest BCUT2D eigenvalue weighted by molar-refractivity contribution is 6.30. The fraction of sp³-hybridized carbons (Fsp3) is 0.333. The summed E-state index contributed by atoms with van der Waals surface area (Å²) >= 11 is 5.45. The average molecular weight is 278 g/mol. The van der Waals surface area contributed by atoms with Crippen LogP contribution in [0.5, 0.6) is 0 Å². The SMILES string of the molecule is Cl.N[C@H](CC(F)(F)F)c1ccc(Cl)cc1F. The molecular weight excluding hydrogens is 269 g/mol. The lowest BCUT2D eigenvalue weighted by atomic mass is 10.0. The highest BCUT2D eigenvalue weighted by atomic mass is 35.5. The lowest BCUT2D eigenvalue weighted by molar-refractivity contribution is -0.138. The molecule has 0 amide bonds. The maximum Gasteiger partial charge on any atom is 0.390 e. The predicted molar refractivity (Wildman–Crippen MR) is 56.3 cm³/mol. The van der Waals surface area contributed by atoms with Gasteiger partial charge >= 0.3 is 6.18 Å². The van der Waals surface area contributed by atoms with Gasteiger partial charge in [0.05, 0.1) is 6.42 Å². The Balaban J connectivity index is 0.00000225. The largest absolute Gasteiger partial charge is 0.390 e. The van der Waals surface area contributed by atoms with Crippen LogP contribution in [0.2, 0.25) is 5.02 Å². The number of benzene rings is 1. The van der Waals surface area contributed by atoms with Gasteiger partial charge in [0.2, 0.25) is 0 Å². The van der Waals surface area contributed by atoms with E-state index in [4.69, 9.17) is 17.3 Å². The first-order valence-corrected chi connectivity index (χ1v) is 4.44. The normalized spacial score (nSPS) is 13.1. The maximum absolute atomic E-state index is 13.1. The Morgan fingerprint density at radius 2 is 1.88 bits per heavy atom. The summed E-state index contributed by atoms with van der Waals surface area (Å²) in [6.45, 7) is 0. The van der Waals surface area contributed by atoms with Crippen molar-refractivity contribution in [2.75, 3.05) is 0 Å². The fourth-order valence-electron chi connectivity index (χ4n) is 1.16. The summed E-state index contributed by atoms with van der Waals surface area (Å²) < 4.78 is 49.1. The molecule has 1 rings (SSSR count). The van der Waals surface area contributed by atoms with Crippen molar-refractivity contribution in [2.45, 2.75) is 18.6 Å². The first-order chi connectivity index (χ1) is 6.79. The van der Waals surface area contributed by atoms with Crippen molar-refractivity contribution in [1.29, 1.82) is 0 Å². The van der Waals surface area contributed by atoms with E-state index in [-0.39, 0.29) is 23.0 Å². The van der Waals surface area contributed by atoms with Crippen molar-refractivity contribution in [2.24, 2.45) is 5.73 Å². The Labute approximate surface area is 101 Å². The molecule has 0 aliphatic heterocycles. The van der Waals surface area contributed by atoms with Gasteiger partial charge in [0.15, 0.2) is 0 Å². The zero-order valence-corrected chi connectivity index (χ0v) is 9.46. The van der Waals surface area contributed by atoms with Crippen molar-refractivity contribution in [3.63, 3.8) is 0 Å². The van der Waals surface area contributed by atoms with Crippen molar-refractivity contribution in [3.8, 4) is 0 Å². The van der Waals surface area contributed by atoms with Gasteiger partial charge in [0.25, 0.3) is 0 Å². The number of nitrogens with two attached hydrogens (primary N) is 1. The zero-order chi connectivity index (χ0) is 11.6. The van der Waals surface area contributed by atoms with Crippen molar-refractivity contribution in [1.82, 2.24) is 0 Å². The van der Waals surface area contributed by atoms with E-state index < -0.39 is 24.5 Å². The number of hydrogen-bond acceptors (Lipinski definition) is 1. The molecular formula is C9H9Cl2F4N. The van der Waals surface area contributed by atoms with E-state index in [1.54, 1.807) is 0 Å². The molecule has 0 aliphatic rings. The molecule has 1 aromatic rings. The average Bonchev–Trinajstić information content (AvgIpc) is 1.99. The molecule has 1 nitrogen and oxygen atoms in total. The molecule has 92 valence electrons. The quantitative estimate of drug-likeness (QED) is 0.817. The molecule has 1 aromatic carbocycles. The van der Waals surface area contributed by atoms with Crippen LogP contribution < -0.4 is 5.73 Å². The second-order valence-electron chi connectivity index (χ2n) is 3.09. The molecule has 0 spiro atoms. The number of alkyl halides is 3. The summed E-state index contributed by atoms with van der Waals surface area (Å²) in [7, 11) is 0. The number of hydrogen-bond donors (Lipinski definition) is 1. The van der Waals surface area contributed by atoms with Gasteiger partial charge in [-0.05, 0) is 12.1 Å². The minimum absolute atomic E-state index is 0. The molecule has 0 fully saturated rings. The van der Waals surface area contributed by atoms with Crippen LogP contribution >= 0.6 is 24.0 Å². The molecule has 16 heavy (non-hydrogen) atoms. The van der Waals surface area contributed by atoms with Crippen LogP contribution in [0, 0.1) is 5.82 Å². The van der Waals surface area contributed by atoms with E-state index in [0.29, 0.717) is 0 Å². The smallest absolute Gasteiger partial charge is 0.324 e. The van der Waals surface area contributed by atoms with Crippen LogP contribution in [0.4, 0.5) is 17.6 Å². The lowest BCUT2D eigenvalue weighted by Crippen LogP contribution is -2.21. The van der Waals surface area contributed by atoms with Gasteiger partial charge < -0.3 is 5.73 Å². The van der Waals surface area contributed by atoms with Gasteiger partial charge in [-0.15, -0.1) is 12.4 Å². The van der Waals surface area contributed by atoms with Crippen LogP contribution in [0.1, 0.15) is 18.0 Å². The summed E-state index contributed by atoms with van der Waals surface area (Å²) in [6, 6.07) is 2.00. The van der Waals surface area contributed by atoms with Gasteiger partial charge in [0.1, 0.15) is 5.82 Å². The van der Waals surface area contributed by atoms with Crippen molar-refractivity contribution < 1.29 is 17.6 Å². The Hall–Kier alpha value is -0.520. The van der Waals surface area contributed by atoms with E-state index in [1.807, 2.05) is 0 Å². The molecule has 0 bridgehead atoms. The standard InChI is InChI=1S/C9H8ClF4N.ClH/c10-5-1-2-6(7(11)3-5)8(15)4-9(12,13)14;/h1-3,8H,4,15H2;1H/t8-;/m1./s1. The molecule has 0 unspecified atom stereocenters. The molecule has 2 N–H and O–H groups in total. The monoisotopic (exact) mass is 277 g/mol. The predicted octanol–water partition coefficient (Wildman–Crippen LogP) is 3.85. The molecule has 0 saturated carbocycles. The van der Waals surface area contributed by atoms with Gasteiger partial charge in [-0.2, -0.15) is 13.2 Å². The fourth-order valence-corrected chi connectivity index (χ4v) is 1.32. The second-order valence-corrected chi connectivity index (χ2v) is 3.53. The first kappa shape index (κ1) is 15.5. The van der Waals surface area contributed by atoms with E-state index in [1.165, 1.54) is 6.07 Å². The van der Waals surface area contributed by atoms with Crippen LogP contribution in [-0.2, 0) is 0 Å². The van der Waals surface area contributed by atoms with Gasteiger partial charge in [-0.1, -0.05) is 17.7 Å². The Morgan fingerprint density at radius 1 is 1.31 bits per heavy atom. The summed E-state index contributed by atoms with van der Waals surface area (Å²) in [6.07, 6.45) is -5.67. The van der Waals surface area contributed by atoms with Gasteiger partial charge in [-0.25, -0.2) is 4.39 Å². The van der Waals surface area contributed by atoms with Crippen LogP contribution in [0.15, 0.2) is 18.2 Å². The molecule has 0 radical (unpaired) electrons. The Morgan fingerprint density at radius 3 is 2.31 bits per heavy atom. The van der Waals surface area contributed by atoms with Crippen LogP contribution in [0.25, 0.3) is 0 Å². The third-order valence-electron chi connectivity index (χ3n) is 1.81. The number of halogens is 6.